The number of nitrogens with one attached hydrogen (secondary N) is 1. The molecule has 1 aliphatic heterocycles. The maximum Gasteiger partial charge on any atom is 0.130 e. The third-order valence-corrected chi connectivity index (χ3v) is 3.06. The molecule has 0 saturated carbocycles. The van der Waals surface area contributed by atoms with Gasteiger partial charge in [-0.25, -0.2) is 0 Å². The minimum absolute atomic E-state index is 0.297. The van der Waals surface area contributed by atoms with E-state index in [1.807, 2.05) is 30.1 Å². The number of nitrogens with zero attached hydrogens (tertiary/aromatic N) is 2. The Morgan fingerprint density at radius 3 is 3.25 bits per heavy atom. The number of fused-ring (bicyclic) bond motifs is 1. The highest BCUT2D eigenvalue weighted by atomic mass is 16.5. The van der Waals surface area contributed by atoms with E-state index in [0.29, 0.717) is 6.10 Å². The van der Waals surface area contributed by atoms with E-state index in [1.165, 1.54) is 0 Å². The van der Waals surface area contributed by atoms with E-state index in [9.17, 15) is 0 Å². The first kappa shape index (κ1) is 9.66. The normalized spacial score (nSPS) is 20.4. The van der Waals surface area contributed by atoms with Gasteiger partial charge in [-0.3, -0.25) is 4.68 Å². The van der Waals surface area contributed by atoms with Crippen LogP contribution in [0.4, 0.5) is 0 Å². The molecule has 0 bridgehead atoms. The van der Waals surface area contributed by atoms with Gasteiger partial charge in [-0.2, -0.15) is 5.10 Å². The van der Waals surface area contributed by atoms with E-state index in [4.69, 9.17) is 4.74 Å². The molecule has 2 aromatic rings. The highest BCUT2D eigenvalue weighted by Crippen LogP contribution is 2.26. The molecule has 2 heterocycles. The van der Waals surface area contributed by atoms with Crippen LogP contribution in [0.25, 0.3) is 10.9 Å². The van der Waals surface area contributed by atoms with Crippen molar-refractivity contribution in [1.29, 1.82) is 0 Å². The van der Waals surface area contributed by atoms with E-state index in [2.05, 4.69) is 16.5 Å². The molecule has 1 aromatic carbocycles. The molecule has 0 spiro atoms. The number of aromatic nitrogens is 2. The van der Waals surface area contributed by atoms with E-state index < -0.39 is 0 Å². The fourth-order valence-corrected chi connectivity index (χ4v) is 2.16. The second-order valence-corrected chi connectivity index (χ2v) is 4.19. The maximum atomic E-state index is 5.99. The summed E-state index contributed by atoms with van der Waals surface area (Å²) in [5.74, 6) is 0.944. The van der Waals surface area contributed by atoms with Crippen LogP contribution in [0.2, 0.25) is 0 Å². The molecular weight excluding hydrogens is 202 g/mol. The van der Waals surface area contributed by atoms with Gasteiger partial charge in [-0.05, 0) is 25.1 Å². The van der Waals surface area contributed by atoms with Crippen LogP contribution < -0.4 is 10.1 Å². The molecule has 1 aliphatic rings. The third kappa shape index (κ3) is 1.55. The van der Waals surface area contributed by atoms with E-state index >= 15 is 0 Å². The van der Waals surface area contributed by atoms with Crippen molar-refractivity contribution < 1.29 is 4.74 Å². The molecule has 0 amide bonds. The van der Waals surface area contributed by atoms with Gasteiger partial charge in [0.05, 0.1) is 17.1 Å². The van der Waals surface area contributed by atoms with E-state index in [-0.39, 0.29) is 0 Å². The lowest BCUT2D eigenvalue weighted by molar-refractivity contribution is 0.226. The van der Waals surface area contributed by atoms with Crippen LogP contribution >= 0.6 is 0 Å². The van der Waals surface area contributed by atoms with Crippen molar-refractivity contribution in [2.45, 2.75) is 12.5 Å². The van der Waals surface area contributed by atoms with Crippen molar-refractivity contribution in [2.75, 3.05) is 13.1 Å². The third-order valence-electron chi connectivity index (χ3n) is 3.06. The summed E-state index contributed by atoms with van der Waals surface area (Å²) in [6, 6.07) is 6.09. The number of aryl methyl sites for hydroxylation is 1. The molecule has 3 rings (SSSR count). The Hall–Kier alpha value is -1.55. The van der Waals surface area contributed by atoms with Gasteiger partial charge in [0, 0.05) is 13.6 Å². The Morgan fingerprint density at radius 2 is 2.44 bits per heavy atom. The highest BCUT2D eigenvalue weighted by Gasteiger charge is 2.17. The van der Waals surface area contributed by atoms with Crippen LogP contribution in [0.15, 0.2) is 24.4 Å². The molecule has 4 nitrogen and oxygen atoms in total. The largest absolute Gasteiger partial charge is 0.488 e. The molecule has 1 fully saturated rings. The van der Waals surface area contributed by atoms with Crippen LogP contribution in [-0.4, -0.2) is 29.0 Å². The minimum Gasteiger partial charge on any atom is -0.488 e. The summed E-state index contributed by atoms with van der Waals surface area (Å²) in [6.07, 6.45) is 3.25. The van der Waals surface area contributed by atoms with Crippen LogP contribution in [0.5, 0.6) is 5.75 Å². The first-order valence-corrected chi connectivity index (χ1v) is 5.63. The van der Waals surface area contributed by atoms with Gasteiger partial charge in [0.15, 0.2) is 0 Å². The molecular formula is C12H15N3O. The Labute approximate surface area is 94.2 Å². The monoisotopic (exact) mass is 217 g/mol. The lowest BCUT2D eigenvalue weighted by Gasteiger charge is -2.12. The summed E-state index contributed by atoms with van der Waals surface area (Å²) < 4.78 is 7.86. The molecule has 0 aliphatic carbocycles. The maximum absolute atomic E-state index is 5.99. The average Bonchev–Trinajstić information content (AvgIpc) is 2.90. The summed E-state index contributed by atoms with van der Waals surface area (Å²) in [5, 5.41) is 8.65. The molecule has 84 valence electrons. The summed E-state index contributed by atoms with van der Waals surface area (Å²) in [4.78, 5) is 0. The van der Waals surface area contributed by atoms with Gasteiger partial charge < -0.3 is 10.1 Å². The van der Waals surface area contributed by atoms with Crippen LogP contribution in [0.1, 0.15) is 6.42 Å². The summed E-state index contributed by atoms with van der Waals surface area (Å²) in [7, 11) is 1.95. The number of hydrogen-bond acceptors (Lipinski definition) is 3. The van der Waals surface area contributed by atoms with Crippen molar-refractivity contribution in [1.82, 2.24) is 15.1 Å². The van der Waals surface area contributed by atoms with Crippen LogP contribution in [-0.2, 0) is 7.05 Å². The van der Waals surface area contributed by atoms with E-state index in [0.717, 1.165) is 36.2 Å². The average molecular weight is 217 g/mol. The van der Waals surface area contributed by atoms with Crippen molar-refractivity contribution in [3.05, 3.63) is 24.4 Å². The smallest absolute Gasteiger partial charge is 0.130 e. The summed E-state index contributed by atoms with van der Waals surface area (Å²) in [5.41, 5.74) is 1.11. The zero-order valence-electron chi connectivity index (χ0n) is 9.31. The Morgan fingerprint density at radius 1 is 1.50 bits per heavy atom. The molecule has 1 N–H and O–H groups in total. The minimum atomic E-state index is 0.297. The number of ether oxygens (including phenoxy) is 1. The summed E-state index contributed by atoms with van der Waals surface area (Å²) in [6.45, 7) is 1.99. The standard InChI is InChI=1S/C12H15N3O/c1-15-11-3-2-4-12(10(11)8-14-15)16-9-5-6-13-7-9/h2-4,8-9,13H,5-7H2,1H3. The molecule has 1 saturated heterocycles. The van der Waals surface area contributed by atoms with Gasteiger partial charge in [-0.15, -0.1) is 0 Å². The van der Waals surface area contributed by atoms with Gasteiger partial charge in [0.2, 0.25) is 0 Å². The Balaban J connectivity index is 1.96. The second-order valence-electron chi connectivity index (χ2n) is 4.19. The highest BCUT2D eigenvalue weighted by molar-refractivity contribution is 5.85. The van der Waals surface area contributed by atoms with Crippen LogP contribution in [0.3, 0.4) is 0 Å². The zero-order chi connectivity index (χ0) is 11.0. The quantitative estimate of drug-likeness (QED) is 0.824. The number of rotatable bonds is 2. The topological polar surface area (TPSA) is 39.1 Å². The lowest BCUT2D eigenvalue weighted by Crippen LogP contribution is -2.19. The van der Waals surface area contributed by atoms with Gasteiger partial charge in [0.25, 0.3) is 0 Å². The van der Waals surface area contributed by atoms with Crippen molar-refractivity contribution >= 4 is 10.9 Å². The van der Waals surface area contributed by atoms with Gasteiger partial charge >= 0.3 is 0 Å². The molecule has 0 radical (unpaired) electrons. The Kier molecular flexibility index (Phi) is 2.29. The SMILES string of the molecule is Cn1ncc2c(OC3CCNC3)cccc21. The molecule has 1 atom stereocenters. The number of benzene rings is 1. The Bertz CT molecular complexity index is 500. The van der Waals surface area contributed by atoms with Gasteiger partial charge in [-0.1, -0.05) is 6.07 Å². The predicted molar refractivity (Wildman–Crippen MR) is 62.6 cm³/mol. The van der Waals surface area contributed by atoms with Crippen molar-refractivity contribution in [3.63, 3.8) is 0 Å². The second kappa shape index (κ2) is 3.79. The van der Waals surface area contributed by atoms with E-state index in [1.54, 1.807) is 0 Å². The zero-order valence-corrected chi connectivity index (χ0v) is 9.31. The van der Waals surface area contributed by atoms with Crippen molar-refractivity contribution in [2.24, 2.45) is 7.05 Å². The van der Waals surface area contributed by atoms with Crippen molar-refractivity contribution in [3.8, 4) is 5.75 Å². The first-order chi connectivity index (χ1) is 7.84. The molecule has 1 unspecified atom stereocenters. The molecule has 1 aromatic heterocycles. The molecule has 16 heavy (non-hydrogen) atoms. The van der Waals surface area contributed by atoms with Gasteiger partial charge in [0.1, 0.15) is 11.9 Å². The van der Waals surface area contributed by atoms with Crippen LogP contribution in [0, 0.1) is 0 Å². The summed E-state index contributed by atoms with van der Waals surface area (Å²) >= 11 is 0. The first-order valence-electron chi connectivity index (χ1n) is 5.63. The fraction of sp³-hybridized carbons (Fsp3) is 0.417. The predicted octanol–water partition coefficient (Wildman–Crippen LogP) is 1.31. The fourth-order valence-electron chi connectivity index (χ4n) is 2.16. The molecule has 4 heteroatoms. The number of hydrogen-bond donors (Lipinski definition) is 1. The lowest BCUT2D eigenvalue weighted by atomic mass is 10.2.